The number of piperidine rings is 1. The van der Waals surface area contributed by atoms with Gasteiger partial charge in [0.1, 0.15) is 5.76 Å². The van der Waals surface area contributed by atoms with Crippen LogP contribution in [0, 0.1) is 5.92 Å². The van der Waals surface area contributed by atoms with Crippen LogP contribution in [0.5, 0.6) is 0 Å². The minimum Gasteiger partial charge on any atom is -0.444 e. The molecule has 0 aromatic carbocycles. The van der Waals surface area contributed by atoms with Crippen molar-refractivity contribution in [3.63, 3.8) is 0 Å². The first-order valence-electron chi connectivity index (χ1n) is 9.36. The maximum Gasteiger partial charge on any atom is 0.451 e. The van der Waals surface area contributed by atoms with Gasteiger partial charge in [-0.1, -0.05) is 6.92 Å². The zero-order chi connectivity index (χ0) is 19.0. The molecule has 0 saturated carbocycles. The molecule has 0 spiro atoms. The number of furan rings is 1. The Labute approximate surface area is 156 Å². The Morgan fingerprint density at radius 2 is 1.96 bits per heavy atom. The molecule has 1 saturated heterocycles. The lowest BCUT2D eigenvalue weighted by Crippen LogP contribution is -2.32. The van der Waals surface area contributed by atoms with Gasteiger partial charge in [-0.3, -0.25) is 4.90 Å². The van der Waals surface area contributed by atoms with Gasteiger partial charge in [0.2, 0.25) is 5.82 Å². The largest absolute Gasteiger partial charge is 0.451 e. The van der Waals surface area contributed by atoms with E-state index >= 15 is 0 Å². The fourth-order valence-electron chi connectivity index (χ4n) is 3.72. The third-order valence-electron chi connectivity index (χ3n) is 5.39. The van der Waals surface area contributed by atoms with Gasteiger partial charge >= 0.3 is 6.18 Å². The van der Waals surface area contributed by atoms with Gasteiger partial charge in [-0.25, -0.2) is 9.97 Å². The number of aromatic nitrogens is 2. The Bertz CT molecular complexity index is 796. The molecule has 2 aliphatic rings. The predicted octanol–water partition coefficient (Wildman–Crippen LogP) is 3.88. The number of halogens is 3. The lowest BCUT2D eigenvalue weighted by atomic mass is 9.99. The zero-order valence-corrected chi connectivity index (χ0v) is 15.3. The number of nitrogens with zero attached hydrogens (tertiary/aromatic N) is 4. The summed E-state index contributed by atoms with van der Waals surface area (Å²) in [4.78, 5) is 11.6. The molecule has 8 heteroatoms. The SMILES string of the molecule is CC1CCN(c2ccc(CN3CCc4nc(C(F)(F)F)ncc4C3)o2)CC1. The number of hydrogen-bond acceptors (Lipinski definition) is 5. The maximum atomic E-state index is 12.7. The van der Waals surface area contributed by atoms with E-state index in [0.717, 1.165) is 36.2 Å². The third-order valence-corrected chi connectivity index (χ3v) is 5.39. The fraction of sp³-hybridized carbons (Fsp3) is 0.579. The van der Waals surface area contributed by atoms with Crippen molar-refractivity contribution < 1.29 is 17.6 Å². The molecule has 2 aromatic heterocycles. The molecule has 0 radical (unpaired) electrons. The number of anilines is 1. The first-order chi connectivity index (χ1) is 12.9. The first kappa shape index (κ1) is 18.3. The molecule has 0 unspecified atom stereocenters. The van der Waals surface area contributed by atoms with Crippen LogP contribution in [0.25, 0.3) is 0 Å². The standard InChI is InChI=1S/C19H23F3N4O/c1-13-4-8-26(9-5-13)17-3-2-15(27-17)12-25-7-6-16-14(11-25)10-23-18(24-16)19(20,21)22/h2-3,10,13H,4-9,11-12H2,1H3. The fourth-order valence-corrected chi connectivity index (χ4v) is 3.72. The van der Waals surface area contributed by atoms with Gasteiger partial charge in [0.25, 0.3) is 0 Å². The normalized spacial score (nSPS) is 19.3. The van der Waals surface area contributed by atoms with Crippen LogP contribution in [0.2, 0.25) is 0 Å². The quantitative estimate of drug-likeness (QED) is 0.809. The second-order valence-electron chi connectivity index (χ2n) is 7.53. The van der Waals surface area contributed by atoms with E-state index < -0.39 is 12.0 Å². The molecule has 4 rings (SSSR count). The van der Waals surface area contributed by atoms with E-state index in [-0.39, 0.29) is 0 Å². The Kier molecular flexibility index (Phi) is 4.84. The van der Waals surface area contributed by atoms with Crippen molar-refractivity contribution in [2.24, 2.45) is 5.92 Å². The molecule has 0 atom stereocenters. The second kappa shape index (κ2) is 7.14. The summed E-state index contributed by atoms with van der Waals surface area (Å²) in [6, 6.07) is 4.01. The van der Waals surface area contributed by atoms with Crippen molar-refractivity contribution in [2.45, 2.75) is 45.5 Å². The summed E-state index contributed by atoms with van der Waals surface area (Å²) in [6.07, 6.45) is -0.348. The Hall–Kier alpha value is -2.09. The molecule has 2 aromatic rings. The van der Waals surface area contributed by atoms with E-state index in [1.54, 1.807) is 0 Å². The summed E-state index contributed by atoms with van der Waals surface area (Å²) in [5, 5.41) is 0. The summed E-state index contributed by atoms with van der Waals surface area (Å²) in [6.45, 7) is 6.13. The van der Waals surface area contributed by atoms with E-state index in [9.17, 15) is 13.2 Å². The highest BCUT2D eigenvalue weighted by Gasteiger charge is 2.35. The van der Waals surface area contributed by atoms with Crippen LogP contribution in [-0.2, 0) is 25.7 Å². The van der Waals surface area contributed by atoms with Gasteiger partial charge in [0.15, 0.2) is 5.88 Å². The molecule has 0 aliphatic carbocycles. The number of alkyl halides is 3. The average molecular weight is 380 g/mol. The van der Waals surface area contributed by atoms with Crippen molar-refractivity contribution in [2.75, 3.05) is 24.5 Å². The van der Waals surface area contributed by atoms with Crippen LogP contribution in [0.3, 0.4) is 0 Å². The van der Waals surface area contributed by atoms with E-state index in [2.05, 4.69) is 26.7 Å². The Morgan fingerprint density at radius 1 is 1.19 bits per heavy atom. The highest BCUT2D eigenvalue weighted by molar-refractivity contribution is 5.37. The average Bonchev–Trinajstić information content (AvgIpc) is 3.09. The van der Waals surface area contributed by atoms with Crippen molar-refractivity contribution in [1.29, 1.82) is 0 Å². The van der Waals surface area contributed by atoms with Crippen LogP contribution < -0.4 is 4.90 Å². The van der Waals surface area contributed by atoms with Crippen molar-refractivity contribution >= 4 is 5.88 Å². The smallest absolute Gasteiger partial charge is 0.444 e. The molecule has 146 valence electrons. The molecule has 27 heavy (non-hydrogen) atoms. The topological polar surface area (TPSA) is 45.4 Å². The van der Waals surface area contributed by atoms with Crippen LogP contribution in [-0.4, -0.2) is 34.5 Å². The van der Waals surface area contributed by atoms with Gasteiger partial charge < -0.3 is 9.32 Å². The van der Waals surface area contributed by atoms with Crippen LogP contribution in [0.15, 0.2) is 22.7 Å². The minimum atomic E-state index is -4.50. The van der Waals surface area contributed by atoms with Crippen LogP contribution in [0.1, 0.15) is 42.6 Å². The van der Waals surface area contributed by atoms with Crippen LogP contribution >= 0.6 is 0 Å². The van der Waals surface area contributed by atoms with E-state index in [0.29, 0.717) is 31.7 Å². The number of fused-ring (bicyclic) bond motifs is 1. The molecule has 0 N–H and O–H groups in total. The highest BCUT2D eigenvalue weighted by Crippen LogP contribution is 2.29. The molecule has 0 amide bonds. The molecule has 1 fully saturated rings. The van der Waals surface area contributed by atoms with Gasteiger partial charge in [-0.2, -0.15) is 13.2 Å². The van der Waals surface area contributed by atoms with Gasteiger partial charge in [-0.15, -0.1) is 0 Å². The summed E-state index contributed by atoms with van der Waals surface area (Å²) >= 11 is 0. The summed E-state index contributed by atoms with van der Waals surface area (Å²) in [7, 11) is 0. The lowest BCUT2D eigenvalue weighted by molar-refractivity contribution is -0.145. The molecule has 4 heterocycles. The predicted molar refractivity (Wildman–Crippen MR) is 94.2 cm³/mol. The summed E-state index contributed by atoms with van der Waals surface area (Å²) < 4.78 is 44.3. The molecule has 2 aliphatic heterocycles. The Balaban J connectivity index is 1.39. The van der Waals surface area contributed by atoms with Crippen molar-refractivity contribution in [1.82, 2.24) is 14.9 Å². The molecular weight excluding hydrogens is 357 g/mol. The van der Waals surface area contributed by atoms with E-state index in [4.69, 9.17) is 4.42 Å². The second-order valence-corrected chi connectivity index (χ2v) is 7.53. The minimum absolute atomic E-state index is 0.485. The van der Waals surface area contributed by atoms with E-state index in [1.807, 2.05) is 12.1 Å². The summed E-state index contributed by atoms with van der Waals surface area (Å²) in [5.41, 5.74) is 1.25. The molecule has 5 nitrogen and oxygen atoms in total. The van der Waals surface area contributed by atoms with Crippen molar-refractivity contribution in [3.05, 3.63) is 41.2 Å². The lowest BCUT2D eigenvalue weighted by Gasteiger charge is -2.30. The molecule has 0 bridgehead atoms. The van der Waals surface area contributed by atoms with Gasteiger partial charge in [0.05, 0.1) is 12.2 Å². The van der Waals surface area contributed by atoms with Gasteiger partial charge in [0, 0.05) is 50.4 Å². The zero-order valence-electron chi connectivity index (χ0n) is 15.3. The first-order valence-corrected chi connectivity index (χ1v) is 9.36. The third kappa shape index (κ3) is 4.10. The van der Waals surface area contributed by atoms with Crippen molar-refractivity contribution in [3.8, 4) is 0 Å². The number of hydrogen-bond donors (Lipinski definition) is 0. The van der Waals surface area contributed by atoms with Gasteiger partial charge in [-0.05, 0) is 24.8 Å². The monoisotopic (exact) mass is 380 g/mol. The Morgan fingerprint density at radius 3 is 2.70 bits per heavy atom. The molecular formula is C19H23F3N4O. The number of rotatable bonds is 3. The highest BCUT2D eigenvalue weighted by atomic mass is 19.4. The van der Waals surface area contributed by atoms with E-state index in [1.165, 1.54) is 19.0 Å². The van der Waals surface area contributed by atoms with Crippen LogP contribution in [0.4, 0.5) is 19.1 Å². The summed E-state index contributed by atoms with van der Waals surface area (Å²) in [5.74, 6) is 1.50. The maximum absolute atomic E-state index is 12.7.